The minimum atomic E-state index is -2.99. The third-order valence-corrected chi connectivity index (χ3v) is 5.18. The highest BCUT2D eigenvalue weighted by Crippen LogP contribution is 2.15. The minimum absolute atomic E-state index is 0.235. The normalized spacial score (nSPS) is 13.4. The molecule has 0 fully saturated rings. The number of sulfone groups is 1. The summed E-state index contributed by atoms with van der Waals surface area (Å²) in [6.45, 7) is 10.7. The molecule has 0 bridgehead atoms. The second kappa shape index (κ2) is 6.57. The molecule has 0 radical (unpaired) electrons. The van der Waals surface area contributed by atoms with Gasteiger partial charge in [-0.3, -0.25) is 0 Å². The van der Waals surface area contributed by atoms with Crippen LogP contribution in [0.4, 0.5) is 0 Å². The van der Waals surface area contributed by atoms with Crippen LogP contribution in [0.2, 0.25) is 0 Å². The fraction of sp³-hybridized carbons (Fsp3) is 1.00. The van der Waals surface area contributed by atoms with Crippen LogP contribution in [0.25, 0.3) is 0 Å². The number of nitrogens with one attached hydrogen (secondary N) is 1. The van der Waals surface area contributed by atoms with E-state index >= 15 is 0 Å². The lowest BCUT2D eigenvalue weighted by Gasteiger charge is -2.22. The van der Waals surface area contributed by atoms with E-state index in [1.807, 2.05) is 11.9 Å². The Kier molecular flexibility index (Phi) is 6.51. The van der Waals surface area contributed by atoms with Gasteiger partial charge in [0.2, 0.25) is 0 Å². The third-order valence-electron chi connectivity index (χ3n) is 2.60. The highest BCUT2D eigenvalue weighted by molar-refractivity contribution is 7.92. The Hall–Kier alpha value is -0.130. The van der Waals surface area contributed by atoms with Gasteiger partial charge in [0.05, 0.1) is 10.5 Å². The molecule has 0 atom stereocenters. The van der Waals surface area contributed by atoms with Crippen molar-refractivity contribution in [3.05, 3.63) is 0 Å². The fourth-order valence-corrected chi connectivity index (χ4v) is 2.31. The van der Waals surface area contributed by atoms with Gasteiger partial charge in [-0.05, 0) is 34.4 Å². The van der Waals surface area contributed by atoms with Crippen LogP contribution in [0.3, 0.4) is 0 Å². The van der Waals surface area contributed by atoms with Gasteiger partial charge in [0, 0.05) is 19.6 Å². The summed E-state index contributed by atoms with van der Waals surface area (Å²) in [6, 6.07) is 0. The van der Waals surface area contributed by atoms with Crippen LogP contribution in [0.5, 0.6) is 0 Å². The van der Waals surface area contributed by atoms with Crippen LogP contribution in [0.15, 0.2) is 0 Å². The topological polar surface area (TPSA) is 49.4 Å². The molecular formula is C11H26N2O2S. The van der Waals surface area contributed by atoms with E-state index in [-0.39, 0.29) is 5.75 Å². The van der Waals surface area contributed by atoms with Gasteiger partial charge in [-0.15, -0.1) is 0 Å². The Morgan fingerprint density at radius 3 is 2.19 bits per heavy atom. The largest absolute Gasteiger partial charge is 0.316 e. The quantitative estimate of drug-likeness (QED) is 0.677. The van der Waals surface area contributed by atoms with Crippen molar-refractivity contribution >= 4 is 9.84 Å². The molecule has 0 aliphatic heterocycles. The highest BCUT2D eigenvalue weighted by Gasteiger charge is 2.28. The van der Waals surface area contributed by atoms with Crippen molar-refractivity contribution in [1.82, 2.24) is 10.2 Å². The molecule has 0 aliphatic rings. The maximum atomic E-state index is 11.8. The average molecular weight is 250 g/mol. The second-order valence-corrected chi connectivity index (χ2v) is 7.95. The zero-order valence-corrected chi connectivity index (χ0v) is 12.0. The number of rotatable bonds is 7. The van der Waals surface area contributed by atoms with Gasteiger partial charge in [0.25, 0.3) is 0 Å². The number of likely N-dealkylation sites (N-methyl/N-ethyl adjacent to an activating group) is 2. The zero-order valence-electron chi connectivity index (χ0n) is 11.2. The molecule has 98 valence electrons. The summed E-state index contributed by atoms with van der Waals surface area (Å²) in [4.78, 5) is 2.05. The molecule has 0 spiro atoms. The Balaban J connectivity index is 3.97. The lowest BCUT2D eigenvalue weighted by molar-refractivity contribution is 0.350. The molecule has 0 amide bonds. The molecule has 16 heavy (non-hydrogen) atoms. The van der Waals surface area contributed by atoms with Crippen LogP contribution in [-0.4, -0.2) is 57.0 Å². The van der Waals surface area contributed by atoms with E-state index in [0.29, 0.717) is 6.54 Å². The Bertz CT molecular complexity index is 281. The summed E-state index contributed by atoms with van der Waals surface area (Å²) in [7, 11) is -1.03. The molecule has 0 aliphatic carbocycles. The third kappa shape index (κ3) is 5.82. The molecule has 0 heterocycles. The Morgan fingerprint density at radius 1 is 1.19 bits per heavy atom. The zero-order chi connectivity index (χ0) is 12.8. The van der Waals surface area contributed by atoms with Crippen LogP contribution in [0.1, 0.15) is 27.7 Å². The van der Waals surface area contributed by atoms with Gasteiger partial charge in [-0.25, -0.2) is 8.42 Å². The van der Waals surface area contributed by atoms with Gasteiger partial charge in [0.1, 0.15) is 0 Å². The minimum Gasteiger partial charge on any atom is -0.316 e. The molecule has 0 saturated heterocycles. The molecule has 4 nitrogen and oxygen atoms in total. The molecule has 0 aromatic heterocycles. The van der Waals surface area contributed by atoms with Crippen molar-refractivity contribution in [3.63, 3.8) is 0 Å². The Labute approximate surface area is 100 Å². The van der Waals surface area contributed by atoms with Gasteiger partial charge in [0.15, 0.2) is 9.84 Å². The maximum Gasteiger partial charge on any atom is 0.156 e. The summed E-state index contributed by atoms with van der Waals surface area (Å²) in [5, 5.41) is 3.22. The van der Waals surface area contributed by atoms with Gasteiger partial charge >= 0.3 is 0 Å². The summed E-state index contributed by atoms with van der Waals surface area (Å²) in [6.07, 6.45) is 0. The molecule has 0 aromatic rings. The van der Waals surface area contributed by atoms with Crippen molar-refractivity contribution in [2.45, 2.75) is 32.4 Å². The lowest BCUT2D eigenvalue weighted by atomic mass is 10.3. The monoisotopic (exact) mass is 250 g/mol. The smallest absolute Gasteiger partial charge is 0.156 e. The van der Waals surface area contributed by atoms with Crippen LogP contribution in [0, 0.1) is 0 Å². The molecule has 0 aromatic carbocycles. The van der Waals surface area contributed by atoms with Gasteiger partial charge in [-0.1, -0.05) is 6.92 Å². The molecule has 5 heteroatoms. The molecule has 1 N–H and O–H groups in total. The van der Waals surface area contributed by atoms with Crippen LogP contribution >= 0.6 is 0 Å². The van der Waals surface area contributed by atoms with Gasteiger partial charge in [-0.2, -0.15) is 0 Å². The Morgan fingerprint density at radius 2 is 1.75 bits per heavy atom. The number of hydrogen-bond acceptors (Lipinski definition) is 4. The standard InChI is InChI=1S/C11H26N2O2S/c1-6-12-7-8-13(5)9-10-16(14,15)11(2,3)4/h12H,6-10H2,1-5H3. The fourth-order valence-electron chi connectivity index (χ4n) is 1.14. The number of hydrogen-bond donors (Lipinski definition) is 1. The van der Waals surface area contributed by atoms with E-state index in [4.69, 9.17) is 0 Å². The van der Waals surface area contributed by atoms with E-state index in [1.165, 1.54) is 0 Å². The van der Waals surface area contributed by atoms with Crippen LogP contribution in [-0.2, 0) is 9.84 Å². The van der Waals surface area contributed by atoms with Crippen molar-refractivity contribution in [1.29, 1.82) is 0 Å². The first-order valence-electron chi connectivity index (χ1n) is 5.82. The van der Waals surface area contributed by atoms with E-state index < -0.39 is 14.6 Å². The number of nitrogens with zero attached hydrogens (tertiary/aromatic N) is 1. The van der Waals surface area contributed by atoms with E-state index in [9.17, 15) is 8.42 Å². The van der Waals surface area contributed by atoms with Gasteiger partial charge < -0.3 is 10.2 Å². The molecule has 0 unspecified atom stereocenters. The van der Waals surface area contributed by atoms with Crippen molar-refractivity contribution in [3.8, 4) is 0 Å². The summed E-state index contributed by atoms with van der Waals surface area (Å²) < 4.78 is 23.0. The van der Waals surface area contributed by atoms with Crippen LogP contribution < -0.4 is 5.32 Å². The first kappa shape index (κ1) is 15.9. The molecule has 0 saturated carbocycles. The summed E-state index contributed by atoms with van der Waals surface area (Å²) in [5.74, 6) is 0.235. The average Bonchev–Trinajstić information content (AvgIpc) is 2.13. The lowest BCUT2D eigenvalue weighted by Crippen LogP contribution is -2.37. The van der Waals surface area contributed by atoms with Crippen molar-refractivity contribution < 1.29 is 8.42 Å². The SMILES string of the molecule is CCNCCN(C)CCS(=O)(=O)C(C)(C)C. The first-order valence-corrected chi connectivity index (χ1v) is 7.47. The predicted octanol–water partition coefficient (Wildman–Crippen LogP) is 0.741. The van der Waals surface area contributed by atoms with E-state index in [1.54, 1.807) is 20.8 Å². The van der Waals surface area contributed by atoms with Crippen molar-refractivity contribution in [2.75, 3.05) is 39.0 Å². The highest BCUT2D eigenvalue weighted by atomic mass is 32.2. The summed E-state index contributed by atoms with van der Waals surface area (Å²) in [5.41, 5.74) is 0. The van der Waals surface area contributed by atoms with E-state index in [0.717, 1.165) is 19.6 Å². The molecular weight excluding hydrogens is 224 g/mol. The second-order valence-electron chi connectivity index (χ2n) is 5.09. The van der Waals surface area contributed by atoms with Crippen molar-refractivity contribution in [2.24, 2.45) is 0 Å². The molecule has 0 rings (SSSR count). The predicted molar refractivity (Wildman–Crippen MR) is 69.6 cm³/mol. The van der Waals surface area contributed by atoms with E-state index in [2.05, 4.69) is 12.2 Å². The maximum absolute atomic E-state index is 11.8. The first-order chi connectivity index (χ1) is 7.20. The summed E-state index contributed by atoms with van der Waals surface area (Å²) >= 11 is 0.